The van der Waals surface area contributed by atoms with Crippen LogP contribution in [0.5, 0.6) is 0 Å². The summed E-state index contributed by atoms with van der Waals surface area (Å²) in [6.07, 6.45) is 4.75. The lowest BCUT2D eigenvalue weighted by atomic mass is 10.2. The summed E-state index contributed by atoms with van der Waals surface area (Å²) in [4.78, 5) is 23.9. The Balaban J connectivity index is 1.88. The van der Waals surface area contributed by atoms with E-state index in [1.54, 1.807) is 24.5 Å². The van der Waals surface area contributed by atoms with E-state index >= 15 is 0 Å². The standard InChI is InChI=1S/C15H11N3O3/c1-20-15(19)12-6-5-10(8-17-12)13-9-21-14(18-13)11-4-2-3-7-16-11/h2-9H,1H3. The molecule has 21 heavy (non-hydrogen) atoms. The van der Waals surface area contributed by atoms with Gasteiger partial charge in [-0.3, -0.25) is 4.98 Å². The normalized spacial score (nSPS) is 10.3. The quantitative estimate of drug-likeness (QED) is 0.687. The lowest BCUT2D eigenvalue weighted by Gasteiger charge is -1.99. The van der Waals surface area contributed by atoms with Crippen molar-refractivity contribution in [2.24, 2.45) is 0 Å². The molecule has 0 bridgehead atoms. The maximum atomic E-state index is 11.3. The van der Waals surface area contributed by atoms with Crippen LogP contribution in [-0.4, -0.2) is 28.0 Å². The second kappa shape index (κ2) is 5.54. The minimum Gasteiger partial charge on any atom is -0.464 e. The second-order valence-corrected chi connectivity index (χ2v) is 4.18. The number of esters is 1. The Bertz CT molecular complexity index is 751. The largest absolute Gasteiger partial charge is 0.464 e. The molecule has 0 aliphatic rings. The van der Waals surface area contributed by atoms with Crippen LogP contribution in [0.15, 0.2) is 53.4 Å². The fraction of sp³-hybridized carbons (Fsp3) is 0.0667. The van der Waals surface area contributed by atoms with Crippen LogP contribution < -0.4 is 0 Å². The number of carbonyl (C=O) groups excluding carboxylic acids is 1. The minimum absolute atomic E-state index is 0.245. The molecule has 0 spiro atoms. The summed E-state index contributed by atoms with van der Waals surface area (Å²) in [5, 5.41) is 0. The van der Waals surface area contributed by atoms with Crippen LogP contribution in [0.4, 0.5) is 0 Å². The van der Waals surface area contributed by atoms with E-state index in [4.69, 9.17) is 4.42 Å². The van der Waals surface area contributed by atoms with E-state index in [1.165, 1.54) is 13.4 Å². The Morgan fingerprint density at radius 3 is 2.71 bits per heavy atom. The third-order valence-electron chi connectivity index (χ3n) is 2.84. The molecule has 104 valence electrons. The Morgan fingerprint density at radius 1 is 1.14 bits per heavy atom. The number of rotatable bonds is 3. The first-order valence-electron chi connectivity index (χ1n) is 6.19. The van der Waals surface area contributed by atoms with E-state index < -0.39 is 5.97 Å². The number of hydrogen-bond donors (Lipinski definition) is 0. The molecule has 0 saturated heterocycles. The third-order valence-corrected chi connectivity index (χ3v) is 2.84. The van der Waals surface area contributed by atoms with Crippen LogP contribution >= 0.6 is 0 Å². The SMILES string of the molecule is COC(=O)c1ccc(-c2coc(-c3ccccn3)n2)cn1. The Kier molecular flexibility index (Phi) is 3.42. The van der Waals surface area contributed by atoms with Gasteiger partial charge in [-0.05, 0) is 24.3 Å². The summed E-state index contributed by atoms with van der Waals surface area (Å²) in [5.41, 5.74) is 2.27. The second-order valence-electron chi connectivity index (χ2n) is 4.18. The third kappa shape index (κ3) is 2.64. The summed E-state index contributed by atoms with van der Waals surface area (Å²) >= 11 is 0. The van der Waals surface area contributed by atoms with Crippen LogP contribution in [0.1, 0.15) is 10.5 Å². The summed E-state index contributed by atoms with van der Waals surface area (Å²) in [7, 11) is 1.31. The topological polar surface area (TPSA) is 78.1 Å². The summed E-state index contributed by atoms with van der Waals surface area (Å²) in [5.74, 6) is -0.0430. The van der Waals surface area contributed by atoms with Crippen molar-refractivity contribution < 1.29 is 13.9 Å². The van der Waals surface area contributed by atoms with Crippen molar-refractivity contribution in [1.82, 2.24) is 15.0 Å². The summed E-state index contributed by atoms with van der Waals surface area (Å²) < 4.78 is 10.0. The molecule has 3 aromatic heterocycles. The highest BCUT2D eigenvalue weighted by Crippen LogP contribution is 2.22. The van der Waals surface area contributed by atoms with Crippen LogP contribution in [0.25, 0.3) is 22.8 Å². The molecule has 0 saturated carbocycles. The first kappa shape index (κ1) is 13.0. The molecular weight excluding hydrogens is 270 g/mol. The molecule has 6 heteroatoms. The fourth-order valence-electron chi connectivity index (χ4n) is 1.78. The highest BCUT2D eigenvalue weighted by Gasteiger charge is 2.11. The van der Waals surface area contributed by atoms with Gasteiger partial charge in [0.2, 0.25) is 5.89 Å². The van der Waals surface area contributed by atoms with Gasteiger partial charge in [-0.2, -0.15) is 0 Å². The summed E-state index contributed by atoms with van der Waals surface area (Å²) in [6, 6.07) is 8.81. The van der Waals surface area contributed by atoms with Gasteiger partial charge >= 0.3 is 5.97 Å². The van der Waals surface area contributed by atoms with Gasteiger partial charge in [0.1, 0.15) is 23.3 Å². The lowest BCUT2D eigenvalue weighted by molar-refractivity contribution is 0.0594. The number of carbonyl (C=O) groups is 1. The van der Waals surface area contributed by atoms with E-state index in [-0.39, 0.29) is 5.69 Å². The van der Waals surface area contributed by atoms with Gasteiger partial charge in [-0.1, -0.05) is 6.07 Å². The molecule has 6 nitrogen and oxygen atoms in total. The van der Waals surface area contributed by atoms with Crippen LogP contribution in [0.2, 0.25) is 0 Å². The van der Waals surface area contributed by atoms with E-state index in [0.717, 1.165) is 5.56 Å². The number of pyridine rings is 2. The zero-order chi connectivity index (χ0) is 14.7. The maximum absolute atomic E-state index is 11.3. The van der Waals surface area contributed by atoms with E-state index in [9.17, 15) is 4.79 Å². The molecule has 3 aromatic rings. The molecule has 0 atom stereocenters. The number of methoxy groups -OCH3 is 1. The first-order valence-corrected chi connectivity index (χ1v) is 6.19. The molecule has 0 amide bonds. The van der Waals surface area contributed by atoms with Gasteiger partial charge in [0.15, 0.2) is 0 Å². The van der Waals surface area contributed by atoms with Gasteiger partial charge in [-0.15, -0.1) is 0 Å². The van der Waals surface area contributed by atoms with Crippen molar-refractivity contribution in [3.63, 3.8) is 0 Å². The maximum Gasteiger partial charge on any atom is 0.356 e. The van der Waals surface area contributed by atoms with Gasteiger partial charge in [-0.25, -0.2) is 14.8 Å². The molecular formula is C15H11N3O3. The van der Waals surface area contributed by atoms with Crippen LogP contribution in [0.3, 0.4) is 0 Å². The average Bonchev–Trinajstić information content (AvgIpc) is 3.05. The van der Waals surface area contributed by atoms with Crippen molar-refractivity contribution in [2.75, 3.05) is 7.11 Å². The smallest absolute Gasteiger partial charge is 0.356 e. The molecule has 0 fully saturated rings. The molecule has 0 aromatic carbocycles. The van der Waals surface area contributed by atoms with Gasteiger partial charge in [0.25, 0.3) is 0 Å². The van der Waals surface area contributed by atoms with Crippen molar-refractivity contribution in [2.45, 2.75) is 0 Å². The predicted molar refractivity (Wildman–Crippen MR) is 74.3 cm³/mol. The number of ether oxygens (including phenoxy) is 1. The van der Waals surface area contributed by atoms with Crippen LogP contribution in [-0.2, 0) is 4.74 Å². The zero-order valence-corrected chi connectivity index (χ0v) is 11.2. The highest BCUT2D eigenvalue weighted by molar-refractivity contribution is 5.87. The van der Waals surface area contributed by atoms with E-state index in [0.29, 0.717) is 17.3 Å². The predicted octanol–water partition coefficient (Wildman–Crippen LogP) is 2.59. The summed E-state index contributed by atoms with van der Waals surface area (Å²) in [6.45, 7) is 0. The number of oxazole rings is 1. The van der Waals surface area contributed by atoms with Gasteiger partial charge in [0.05, 0.1) is 7.11 Å². The average molecular weight is 281 g/mol. The van der Waals surface area contributed by atoms with Crippen molar-refractivity contribution >= 4 is 5.97 Å². The zero-order valence-electron chi connectivity index (χ0n) is 11.2. The Hall–Kier alpha value is -3.02. The molecule has 3 rings (SSSR count). The lowest BCUT2D eigenvalue weighted by Crippen LogP contribution is -2.03. The molecule has 0 aliphatic heterocycles. The first-order chi connectivity index (χ1) is 10.3. The molecule has 0 aliphatic carbocycles. The van der Waals surface area contributed by atoms with Crippen molar-refractivity contribution in [3.8, 4) is 22.8 Å². The van der Waals surface area contributed by atoms with E-state index in [2.05, 4.69) is 19.7 Å². The fourth-order valence-corrected chi connectivity index (χ4v) is 1.78. The number of hydrogen-bond acceptors (Lipinski definition) is 6. The van der Waals surface area contributed by atoms with Gasteiger partial charge in [0, 0.05) is 18.0 Å². The van der Waals surface area contributed by atoms with Crippen molar-refractivity contribution in [3.05, 3.63) is 54.7 Å². The number of nitrogens with zero attached hydrogens (tertiary/aromatic N) is 3. The highest BCUT2D eigenvalue weighted by atomic mass is 16.5. The molecule has 0 unspecified atom stereocenters. The Labute approximate surface area is 120 Å². The van der Waals surface area contributed by atoms with Gasteiger partial charge < -0.3 is 9.15 Å². The molecule has 3 heterocycles. The molecule has 0 radical (unpaired) electrons. The monoisotopic (exact) mass is 281 g/mol. The van der Waals surface area contributed by atoms with E-state index in [1.807, 2.05) is 18.2 Å². The minimum atomic E-state index is -0.476. The van der Waals surface area contributed by atoms with Crippen LogP contribution in [0, 0.1) is 0 Å². The Morgan fingerprint density at radius 2 is 2.05 bits per heavy atom. The molecule has 0 N–H and O–H groups in total. The number of aromatic nitrogens is 3. The van der Waals surface area contributed by atoms with Crippen molar-refractivity contribution in [1.29, 1.82) is 0 Å².